The van der Waals surface area contributed by atoms with Crippen LogP contribution in [0.2, 0.25) is 10.0 Å². The lowest BCUT2D eigenvalue weighted by atomic mass is 10.2. The van der Waals surface area contributed by atoms with Crippen LogP contribution in [0.25, 0.3) is 0 Å². The molecule has 0 spiro atoms. The molecule has 0 aliphatic rings. The maximum atomic E-state index is 12.4. The molecule has 0 saturated carbocycles. The molecule has 7 heteroatoms. The van der Waals surface area contributed by atoms with Crippen LogP contribution >= 0.6 is 23.2 Å². The number of aliphatic imine (C=N–C) groups is 1. The van der Waals surface area contributed by atoms with Gasteiger partial charge in [-0.05, 0) is 19.1 Å². The van der Waals surface area contributed by atoms with Crippen LogP contribution in [0.1, 0.15) is 12.5 Å². The lowest BCUT2D eigenvalue weighted by Crippen LogP contribution is -2.04. The van der Waals surface area contributed by atoms with Crippen LogP contribution in [-0.4, -0.2) is 13.0 Å². The second kappa shape index (κ2) is 5.60. The van der Waals surface area contributed by atoms with Crippen molar-refractivity contribution >= 4 is 35.3 Å². The lowest BCUT2D eigenvalue weighted by Gasteiger charge is -2.09. The molecular weight excluding hydrogens is 278 g/mol. The topological polar surface area (TPSA) is 21.6 Å². The molecule has 0 fully saturated rings. The van der Waals surface area contributed by atoms with E-state index in [0.29, 0.717) is 6.61 Å². The molecule has 0 aliphatic carbocycles. The van der Waals surface area contributed by atoms with Crippen molar-refractivity contribution in [3.05, 3.63) is 27.7 Å². The highest BCUT2D eigenvalue weighted by Gasteiger charge is 2.31. The van der Waals surface area contributed by atoms with E-state index in [1.165, 1.54) is 0 Å². The number of nitrogens with zero attached hydrogens (tertiary/aromatic N) is 1. The van der Waals surface area contributed by atoms with Gasteiger partial charge in [-0.2, -0.15) is 13.2 Å². The van der Waals surface area contributed by atoms with E-state index in [1.807, 2.05) is 0 Å². The second-order valence-corrected chi connectivity index (χ2v) is 3.79. The summed E-state index contributed by atoms with van der Waals surface area (Å²) in [6, 6.07) is 1.54. The Morgan fingerprint density at radius 2 is 1.82 bits per heavy atom. The average Bonchev–Trinajstić information content (AvgIpc) is 2.20. The Balaban J connectivity index is 3.11. The minimum Gasteiger partial charge on any atom is -0.483 e. The Morgan fingerprint density at radius 3 is 2.24 bits per heavy atom. The molecule has 1 rings (SSSR count). The van der Waals surface area contributed by atoms with Crippen LogP contribution in [-0.2, 0) is 10.9 Å². The molecule has 0 aromatic heterocycles. The number of rotatable bonds is 3. The summed E-state index contributed by atoms with van der Waals surface area (Å²) in [7, 11) is 0. The van der Waals surface area contributed by atoms with Gasteiger partial charge in [0.2, 0.25) is 0 Å². The fraction of sp³-hybridized carbons (Fsp3) is 0.300. The predicted octanol–water partition coefficient (Wildman–Crippen LogP) is 4.71. The second-order valence-electron chi connectivity index (χ2n) is 2.98. The highest BCUT2D eigenvalue weighted by molar-refractivity contribution is 6.38. The first-order valence-electron chi connectivity index (χ1n) is 4.56. The van der Waals surface area contributed by atoms with Gasteiger partial charge in [-0.3, -0.25) is 0 Å². The van der Waals surface area contributed by atoms with Gasteiger partial charge in [0.25, 0.3) is 0 Å². The zero-order chi connectivity index (χ0) is 13.1. The molecular formula is C10H8Cl2F3NO. The Kier molecular flexibility index (Phi) is 4.65. The summed E-state index contributed by atoms with van der Waals surface area (Å²) in [6.07, 6.45) is -3.41. The molecule has 0 aliphatic heterocycles. The summed E-state index contributed by atoms with van der Waals surface area (Å²) < 4.78 is 42.0. The van der Waals surface area contributed by atoms with Gasteiger partial charge in [0.05, 0.1) is 22.2 Å². The van der Waals surface area contributed by atoms with E-state index >= 15 is 0 Å². The molecule has 0 saturated heterocycles. The molecule has 0 radical (unpaired) electrons. The molecule has 1 aromatic rings. The molecule has 0 atom stereocenters. The summed E-state index contributed by atoms with van der Waals surface area (Å²) in [6.45, 7) is 2.13. The fourth-order valence-electron chi connectivity index (χ4n) is 1.02. The van der Waals surface area contributed by atoms with Crippen LogP contribution < -0.4 is 0 Å². The number of hydrogen-bond acceptors (Lipinski definition) is 2. The van der Waals surface area contributed by atoms with Gasteiger partial charge >= 0.3 is 6.18 Å². The van der Waals surface area contributed by atoms with Crippen molar-refractivity contribution in [3.63, 3.8) is 0 Å². The van der Waals surface area contributed by atoms with Crippen molar-refractivity contribution in [2.75, 3.05) is 6.61 Å². The molecule has 0 N–H and O–H groups in total. The molecule has 2 nitrogen and oxygen atoms in total. The summed E-state index contributed by atoms with van der Waals surface area (Å²) >= 11 is 11.3. The molecule has 0 unspecified atom stereocenters. The molecule has 94 valence electrons. The van der Waals surface area contributed by atoms with Crippen molar-refractivity contribution in [2.24, 2.45) is 4.99 Å². The lowest BCUT2D eigenvalue weighted by molar-refractivity contribution is -0.137. The zero-order valence-corrected chi connectivity index (χ0v) is 10.2. The monoisotopic (exact) mass is 285 g/mol. The van der Waals surface area contributed by atoms with E-state index in [2.05, 4.69) is 4.99 Å². The van der Waals surface area contributed by atoms with Gasteiger partial charge in [-0.25, -0.2) is 4.99 Å². The maximum absolute atomic E-state index is 12.4. The molecule has 17 heavy (non-hydrogen) atoms. The third kappa shape index (κ3) is 3.78. The van der Waals surface area contributed by atoms with Crippen molar-refractivity contribution < 1.29 is 17.9 Å². The van der Waals surface area contributed by atoms with Crippen molar-refractivity contribution in [1.29, 1.82) is 0 Å². The predicted molar refractivity (Wildman–Crippen MR) is 61.2 cm³/mol. The molecule has 0 heterocycles. The van der Waals surface area contributed by atoms with E-state index < -0.39 is 11.7 Å². The summed E-state index contributed by atoms with van der Waals surface area (Å²) in [5, 5.41) is -0.360. The van der Waals surface area contributed by atoms with Gasteiger partial charge in [-0.15, -0.1) is 0 Å². The van der Waals surface area contributed by atoms with Crippen LogP contribution in [0.5, 0.6) is 0 Å². The van der Waals surface area contributed by atoms with Gasteiger partial charge in [0, 0.05) is 0 Å². The van der Waals surface area contributed by atoms with Crippen LogP contribution in [0.15, 0.2) is 17.1 Å². The standard InChI is InChI=1S/C10H8Cl2F3NO/c1-2-17-5-16-9-7(11)3-6(4-8(9)12)10(13,14)15/h3-5H,2H2,1H3. The Morgan fingerprint density at radius 1 is 1.29 bits per heavy atom. The van der Waals surface area contributed by atoms with E-state index in [4.69, 9.17) is 27.9 Å². The minimum absolute atomic E-state index is 0.0507. The SMILES string of the molecule is CCOC=Nc1c(Cl)cc(C(F)(F)F)cc1Cl. The van der Waals surface area contributed by atoms with Crippen LogP contribution in [0.4, 0.5) is 18.9 Å². The highest BCUT2D eigenvalue weighted by Crippen LogP contribution is 2.39. The van der Waals surface area contributed by atoms with Gasteiger partial charge < -0.3 is 4.74 Å². The third-order valence-electron chi connectivity index (χ3n) is 1.77. The van der Waals surface area contributed by atoms with Gasteiger partial charge in [0.1, 0.15) is 5.69 Å². The average molecular weight is 286 g/mol. The first kappa shape index (κ1) is 14.1. The summed E-state index contributed by atoms with van der Waals surface area (Å²) in [5.41, 5.74) is -0.863. The largest absolute Gasteiger partial charge is 0.483 e. The third-order valence-corrected chi connectivity index (χ3v) is 2.34. The highest BCUT2D eigenvalue weighted by atomic mass is 35.5. The van der Waals surface area contributed by atoms with E-state index in [9.17, 15) is 13.2 Å². The minimum atomic E-state index is -4.49. The number of ether oxygens (including phenoxy) is 1. The van der Waals surface area contributed by atoms with E-state index in [-0.39, 0.29) is 15.7 Å². The van der Waals surface area contributed by atoms with Crippen molar-refractivity contribution in [1.82, 2.24) is 0 Å². The number of alkyl halides is 3. The molecule has 0 bridgehead atoms. The number of benzene rings is 1. The summed E-state index contributed by atoms with van der Waals surface area (Å²) in [4.78, 5) is 3.74. The quantitative estimate of drug-likeness (QED) is 0.582. The molecule has 1 aromatic carbocycles. The first-order valence-corrected chi connectivity index (χ1v) is 5.32. The van der Waals surface area contributed by atoms with Crippen molar-refractivity contribution in [3.8, 4) is 0 Å². The Labute approximate surface area is 106 Å². The first-order chi connectivity index (χ1) is 7.86. The van der Waals surface area contributed by atoms with Crippen LogP contribution in [0.3, 0.4) is 0 Å². The summed E-state index contributed by atoms with van der Waals surface area (Å²) in [5.74, 6) is 0. The smallest absolute Gasteiger partial charge is 0.416 e. The molecule has 0 amide bonds. The van der Waals surface area contributed by atoms with E-state index in [0.717, 1.165) is 18.5 Å². The zero-order valence-electron chi connectivity index (χ0n) is 8.68. The Hall–Kier alpha value is -0.940. The maximum Gasteiger partial charge on any atom is 0.416 e. The van der Waals surface area contributed by atoms with Crippen LogP contribution in [0, 0.1) is 0 Å². The Bertz CT molecular complexity index is 409. The van der Waals surface area contributed by atoms with Gasteiger partial charge in [-0.1, -0.05) is 23.2 Å². The van der Waals surface area contributed by atoms with E-state index in [1.54, 1.807) is 6.92 Å². The fourth-order valence-corrected chi connectivity index (χ4v) is 1.60. The normalized spacial score (nSPS) is 12.1. The number of hydrogen-bond donors (Lipinski definition) is 0. The number of halogens is 5. The van der Waals surface area contributed by atoms with Gasteiger partial charge in [0.15, 0.2) is 6.40 Å². The van der Waals surface area contributed by atoms with Crippen molar-refractivity contribution in [2.45, 2.75) is 13.1 Å².